The van der Waals surface area contributed by atoms with E-state index in [9.17, 15) is 9.59 Å². The SMILES string of the molecule is CC1CC(C)CN(C(=O)CN2CCN(C(=O)C3COCCN3)CC2)C1.Cl.Cl. The largest absolute Gasteiger partial charge is 0.378 e. The molecule has 0 spiro atoms. The number of carbonyl (C=O) groups excluding carboxylic acids is 2. The Kier molecular flexibility index (Phi) is 10.3. The molecule has 0 radical (unpaired) electrons. The van der Waals surface area contributed by atoms with Crippen molar-refractivity contribution in [2.24, 2.45) is 11.8 Å². The average molecular weight is 425 g/mol. The number of ether oxygens (including phenoxy) is 1. The Morgan fingerprint density at radius 3 is 2.19 bits per heavy atom. The number of hydrogen-bond acceptors (Lipinski definition) is 5. The first-order chi connectivity index (χ1) is 12.0. The van der Waals surface area contributed by atoms with Crippen molar-refractivity contribution < 1.29 is 14.3 Å². The van der Waals surface area contributed by atoms with Gasteiger partial charge in [-0.05, 0) is 18.3 Å². The maximum Gasteiger partial charge on any atom is 0.242 e. The minimum Gasteiger partial charge on any atom is -0.378 e. The molecule has 0 saturated carbocycles. The van der Waals surface area contributed by atoms with Gasteiger partial charge in [0.2, 0.25) is 11.8 Å². The van der Waals surface area contributed by atoms with Gasteiger partial charge in [-0.3, -0.25) is 14.5 Å². The van der Waals surface area contributed by atoms with E-state index in [1.807, 2.05) is 9.80 Å². The molecule has 3 saturated heterocycles. The number of piperazine rings is 1. The van der Waals surface area contributed by atoms with E-state index in [1.54, 1.807) is 0 Å². The van der Waals surface area contributed by atoms with Crippen molar-refractivity contribution in [2.45, 2.75) is 26.3 Å². The quantitative estimate of drug-likeness (QED) is 0.712. The van der Waals surface area contributed by atoms with Crippen molar-refractivity contribution in [1.29, 1.82) is 0 Å². The molecule has 3 fully saturated rings. The Morgan fingerprint density at radius 1 is 1.00 bits per heavy atom. The lowest BCUT2D eigenvalue weighted by Gasteiger charge is -2.39. The molecule has 0 aromatic rings. The summed E-state index contributed by atoms with van der Waals surface area (Å²) in [5, 5.41) is 3.22. The fourth-order valence-corrected chi connectivity index (χ4v) is 4.23. The second kappa shape index (κ2) is 11.4. The summed E-state index contributed by atoms with van der Waals surface area (Å²) in [6, 6.07) is -0.210. The highest BCUT2D eigenvalue weighted by atomic mass is 35.5. The zero-order chi connectivity index (χ0) is 17.8. The van der Waals surface area contributed by atoms with E-state index in [1.165, 1.54) is 6.42 Å². The molecule has 3 atom stereocenters. The summed E-state index contributed by atoms with van der Waals surface area (Å²) >= 11 is 0. The van der Waals surface area contributed by atoms with Crippen LogP contribution in [-0.4, -0.2) is 98.1 Å². The summed E-state index contributed by atoms with van der Waals surface area (Å²) in [6.07, 6.45) is 1.21. The Labute approximate surface area is 174 Å². The smallest absolute Gasteiger partial charge is 0.242 e. The minimum atomic E-state index is -0.210. The maximum absolute atomic E-state index is 12.6. The number of likely N-dealkylation sites (tertiary alicyclic amines) is 1. The van der Waals surface area contributed by atoms with E-state index >= 15 is 0 Å². The molecule has 0 aromatic carbocycles. The molecule has 7 nitrogen and oxygen atoms in total. The van der Waals surface area contributed by atoms with Gasteiger partial charge in [0.25, 0.3) is 0 Å². The molecule has 0 aliphatic carbocycles. The molecule has 3 rings (SSSR count). The van der Waals surface area contributed by atoms with Crippen LogP contribution >= 0.6 is 24.8 Å². The number of hydrogen-bond donors (Lipinski definition) is 1. The summed E-state index contributed by atoms with van der Waals surface area (Å²) < 4.78 is 5.38. The van der Waals surface area contributed by atoms with Crippen LogP contribution in [0.25, 0.3) is 0 Å². The van der Waals surface area contributed by atoms with Crippen LogP contribution in [0.15, 0.2) is 0 Å². The highest BCUT2D eigenvalue weighted by Crippen LogP contribution is 2.21. The third-order valence-corrected chi connectivity index (χ3v) is 5.48. The zero-order valence-corrected chi connectivity index (χ0v) is 18.0. The van der Waals surface area contributed by atoms with E-state index in [0.29, 0.717) is 44.7 Å². The lowest BCUT2D eigenvalue weighted by atomic mass is 9.92. The number of amides is 2. The Hall–Kier alpha value is -0.600. The second-order valence-corrected chi connectivity index (χ2v) is 7.93. The lowest BCUT2D eigenvalue weighted by molar-refractivity contribution is -0.139. The van der Waals surface area contributed by atoms with Crippen molar-refractivity contribution >= 4 is 36.6 Å². The van der Waals surface area contributed by atoms with Crippen LogP contribution < -0.4 is 5.32 Å². The highest BCUT2D eigenvalue weighted by molar-refractivity contribution is 5.85. The summed E-state index contributed by atoms with van der Waals surface area (Å²) in [6.45, 7) is 11.5. The predicted octanol–water partition coefficient (Wildman–Crippen LogP) is 0.467. The summed E-state index contributed by atoms with van der Waals surface area (Å²) in [4.78, 5) is 31.2. The van der Waals surface area contributed by atoms with Gasteiger partial charge < -0.3 is 19.9 Å². The second-order valence-electron chi connectivity index (χ2n) is 7.93. The van der Waals surface area contributed by atoms with Gasteiger partial charge in [-0.2, -0.15) is 0 Å². The molecule has 2 amide bonds. The topological polar surface area (TPSA) is 65.1 Å². The molecular formula is C18H34Cl2N4O3. The van der Waals surface area contributed by atoms with Gasteiger partial charge in [-0.25, -0.2) is 0 Å². The molecule has 3 aliphatic heterocycles. The first-order valence-corrected chi connectivity index (χ1v) is 9.63. The number of morpholine rings is 1. The predicted molar refractivity (Wildman–Crippen MR) is 110 cm³/mol. The molecule has 27 heavy (non-hydrogen) atoms. The monoisotopic (exact) mass is 424 g/mol. The van der Waals surface area contributed by atoms with Gasteiger partial charge in [0, 0.05) is 45.8 Å². The highest BCUT2D eigenvalue weighted by Gasteiger charge is 2.31. The molecule has 0 bridgehead atoms. The first kappa shape index (κ1) is 24.4. The first-order valence-electron chi connectivity index (χ1n) is 9.63. The third kappa shape index (κ3) is 6.75. The minimum absolute atomic E-state index is 0. The normalized spacial score (nSPS) is 29.5. The molecular weight excluding hydrogens is 391 g/mol. The van der Waals surface area contributed by atoms with Gasteiger partial charge in [0.1, 0.15) is 6.04 Å². The van der Waals surface area contributed by atoms with Crippen LogP contribution in [0.1, 0.15) is 20.3 Å². The molecule has 3 heterocycles. The van der Waals surface area contributed by atoms with Crippen LogP contribution in [0.5, 0.6) is 0 Å². The van der Waals surface area contributed by atoms with Crippen molar-refractivity contribution in [3.63, 3.8) is 0 Å². The fourth-order valence-electron chi connectivity index (χ4n) is 4.23. The number of carbonyl (C=O) groups is 2. The van der Waals surface area contributed by atoms with E-state index < -0.39 is 0 Å². The third-order valence-electron chi connectivity index (χ3n) is 5.48. The van der Waals surface area contributed by atoms with Crippen LogP contribution in [0.2, 0.25) is 0 Å². The number of nitrogens with one attached hydrogen (secondary N) is 1. The van der Waals surface area contributed by atoms with Crippen molar-refractivity contribution in [1.82, 2.24) is 20.0 Å². The number of halogens is 2. The zero-order valence-electron chi connectivity index (χ0n) is 16.4. The van der Waals surface area contributed by atoms with Gasteiger partial charge in [-0.1, -0.05) is 13.8 Å². The van der Waals surface area contributed by atoms with Crippen LogP contribution in [0.4, 0.5) is 0 Å². The van der Waals surface area contributed by atoms with E-state index in [-0.39, 0.29) is 42.7 Å². The average Bonchev–Trinajstić information content (AvgIpc) is 2.61. The van der Waals surface area contributed by atoms with E-state index in [0.717, 1.165) is 32.7 Å². The fraction of sp³-hybridized carbons (Fsp3) is 0.889. The molecule has 0 aromatic heterocycles. The Bertz CT molecular complexity index is 473. The molecule has 9 heteroatoms. The lowest BCUT2D eigenvalue weighted by Crippen LogP contribution is -2.58. The van der Waals surface area contributed by atoms with E-state index in [4.69, 9.17) is 4.74 Å². The van der Waals surface area contributed by atoms with Crippen LogP contribution in [-0.2, 0) is 14.3 Å². The molecule has 3 aliphatic rings. The van der Waals surface area contributed by atoms with Gasteiger partial charge in [0.15, 0.2) is 0 Å². The van der Waals surface area contributed by atoms with Crippen molar-refractivity contribution in [2.75, 3.05) is 65.6 Å². The number of rotatable bonds is 3. The van der Waals surface area contributed by atoms with Gasteiger partial charge in [-0.15, -0.1) is 24.8 Å². The molecule has 158 valence electrons. The maximum atomic E-state index is 12.6. The van der Waals surface area contributed by atoms with Gasteiger partial charge in [0.05, 0.1) is 19.8 Å². The molecule has 3 unspecified atom stereocenters. The Morgan fingerprint density at radius 2 is 1.63 bits per heavy atom. The number of nitrogens with zero attached hydrogens (tertiary/aromatic N) is 3. The van der Waals surface area contributed by atoms with Crippen molar-refractivity contribution in [3.05, 3.63) is 0 Å². The Balaban J connectivity index is 0.00000182. The summed E-state index contributed by atoms with van der Waals surface area (Å²) in [7, 11) is 0. The van der Waals surface area contributed by atoms with Crippen molar-refractivity contribution in [3.8, 4) is 0 Å². The summed E-state index contributed by atoms with van der Waals surface area (Å²) in [5.41, 5.74) is 0. The van der Waals surface area contributed by atoms with Crippen LogP contribution in [0.3, 0.4) is 0 Å². The summed E-state index contributed by atoms with van der Waals surface area (Å²) in [5.74, 6) is 1.55. The number of piperidine rings is 1. The molecule has 1 N–H and O–H groups in total. The van der Waals surface area contributed by atoms with Crippen LogP contribution in [0, 0.1) is 11.8 Å². The van der Waals surface area contributed by atoms with E-state index in [2.05, 4.69) is 24.1 Å². The standard InChI is InChI=1S/C18H32N4O3.2ClH/c1-14-9-15(2)11-22(10-14)17(23)12-20-4-6-21(7-5-20)18(24)16-13-25-8-3-19-16;;/h14-16,19H,3-13H2,1-2H3;2*1H. The van der Waals surface area contributed by atoms with Gasteiger partial charge >= 0.3 is 0 Å².